The summed E-state index contributed by atoms with van der Waals surface area (Å²) in [6.07, 6.45) is 1.51. The van der Waals surface area contributed by atoms with E-state index in [0.717, 1.165) is 6.29 Å². The average Bonchev–Trinajstić information content (AvgIpc) is 2.28. The van der Waals surface area contributed by atoms with Crippen LogP contribution in [0.1, 0.15) is 37.6 Å². The molecule has 1 aromatic rings. The Morgan fingerprint density at radius 2 is 1.94 bits per heavy atom. The molecule has 0 aliphatic rings. The minimum atomic E-state index is -0.963. The SMILES string of the molecule is CC(C=O)CC(C)(C)Oc1ccc(C(=O)O)cc1. The summed E-state index contributed by atoms with van der Waals surface area (Å²) in [5.41, 5.74) is -0.244. The Morgan fingerprint density at radius 3 is 2.39 bits per heavy atom. The molecular weight excluding hydrogens is 232 g/mol. The van der Waals surface area contributed by atoms with Crippen molar-refractivity contribution in [2.75, 3.05) is 0 Å². The molecule has 4 nitrogen and oxygen atoms in total. The van der Waals surface area contributed by atoms with Crippen LogP contribution >= 0.6 is 0 Å². The zero-order chi connectivity index (χ0) is 13.8. The normalized spacial score (nSPS) is 12.8. The number of aromatic carboxylic acids is 1. The van der Waals surface area contributed by atoms with Gasteiger partial charge < -0.3 is 14.6 Å². The van der Waals surface area contributed by atoms with Crippen LogP contribution in [0, 0.1) is 5.92 Å². The van der Waals surface area contributed by atoms with E-state index < -0.39 is 11.6 Å². The van der Waals surface area contributed by atoms with Gasteiger partial charge in [-0.05, 0) is 44.5 Å². The van der Waals surface area contributed by atoms with E-state index in [-0.39, 0.29) is 11.5 Å². The van der Waals surface area contributed by atoms with E-state index >= 15 is 0 Å². The molecule has 0 amide bonds. The molecule has 0 fully saturated rings. The number of ether oxygens (including phenoxy) is 1. The van der Waals surface area contributed by atoms with E-state index in [1.165, 1.54) is 12.1 Å². The van der Waals surface area contributed by atoms with Crippen LogP contribution in [0.2, 0.25) is 0 Å². The number of hydrogen-bond donors (Lipinski definition) is 1. The van der Waals surface area contributed by atoms with Crippen LogP contribution in [-0.4, -0.2) is 23.0 Å². The number of aldehydes is 1. The molecule has 0 heterocycles. The van der Waals surface area contributed by atoms with Crippen molar-refractivity contribution in [1.29, 1.82) is 0 Å². The lowest BCUT2D eigenvalue weighted by Gasteiger charge is -2.27. The molecule has 0 saturated carbocycles. The number of carbonyl (C=O) groups excluding carboxylic acids is 1. The van der Waals surface area contributed by atoms with Crippen molar-refractivity contribution in [2.24, 2.45) is 5.92 Å². The van der Waals surface area contributed by atoms with Crippen LogP contribution in [0.25, 0.3) is 0 Å². The molecule has 0 saturated heterocycles. The van der Waals surface area contributed by atoms with Crippen LogP contribution in [0.4, 0.5) is 0 Å². The van der Waals surface area contributed by atoms with Crippen molar-refractivity contribution in [2.45, 2.75) is 32.8 Å². The highest BCUT2D eigenvalue weighted by Crippen LogP contribution is 2.24. The Morgan fingerprint density at radius 1 is 1.39 bits per heavy atom. The van der Waals surface area contributed by atoms with E-state index in [0.29, 0.717) is 12.2 Å². The zero-order valence-electron chi connectivity index (χ0n) is 10.8. The molecule has 4 heteroatoms. The third-order valence-corrected chi connectivity index (χ3v) is 2.54. The van der Waals surface area contributed by atoms with Gasteiger partial charge in [0.05, 0.1) is 5.56 Å². The Hall–Kier alpha value is -1.84. The van der Waals surface area contributed by atoms with Crippen LogP contribution < -0.4 is 4.74 Å². The Labute approximate surface area is 107 Å². The zero-order valence-corrected chi connectivity index (χ0v) is 10.8. The molecule has 98 valence electrons. The van der Waals surface area contributed by atoms with Gasteiger partial charge in [0, 0.05) is 5.92 Å². The third-order valence-electron chi connectivity index (χ3n) is 2.54. The summed E-state index contributed by atoms with van der Waals surface area (Å²) in [5.74, 6) is -0.434. The fourth-order valence-electron chi connectivity index (χ4n) is 1.85. The van der Waals surface area contributed by atoms with E-state index in [9.17, 15) is 9.59 Å². The molecule has 0 aromatic heterocycles. The van der Waals surface area contributed by atoms with Crippen LogP contribution in [-0.2, 0) is 4.79 Å². The van der Waals surface area contributed by atoms with Gasteiger partial charge in [-0.3, -0.25) is 0 Å². The molecule has 0 aliphatic heterocycles. The van der Waals surface area contributed by atoms with Gasteiger partial charge in [0.1, 0.15) is 17.6 Å². The maximum absolute atomic E-state index is 10.7. The van der Waals surface area contributed by atoms with E-state index in [4.69, 9.17) is 9.84 Å². The minimum Gasteiger partial charge on any atom is -0.488 e. The lowest BCUT2D eigenvalue weighted by atomic mass is 9.95. The predicted molar refractivity (Wildman–Crippen MR) is 68.0 cm³/mol. The maximum atomic E-state index is 10.7. The second-order valence-electron chi connectivity index (χ2n) is 5.01. The molecule has 0 spiro atoms. The number of carbonyl (C=O) groups is 2. The summed E-state index contributed by atoms with van der Waals surface area (Å²) < 4.78 is 5.76. The Bertz CT molecular complexity index is 420. The molecule has 1 atom stereocenters. The fraction of sp³-hybridized carbons (Fsp3) is 0.429. The van der Waals surface area contributed by atoms with Crippen LogP contribution in [0.15, 0.2) is 24.3 Å². The first kappa shape index (κ1) is 14.2. The van der Waals surface area contributed by atoms with E-state index in [1.54, 1.807) is 12.1 Å². The van der Waals surface area contributed by atoms with Gasteiger partial charge in [0.25, 0.3) is 0 Å². The summed E-state index contributed by atoms with van der Waals surface area (Å²) in [7, 11) is 0. The molecule has 1 N–H and O–H groups in total. The van der Waals surface area contributed by atoms with Crippen molar-refractivity contribution in [1.82, 2.24) is 0 Å². The molecule has 0 radical (unpaired) electrons. The second kappa shape index (κ2) is 5.67. The van der Waals surface area contributed by atoms with Crippen molar-refractivity contribution in [3.05, 3.63) is 29.8 Å². The summed E-state index contributed by atoms with van der Waals surface area (Å²) >= 11 is 0. The van der Waals surface area contributed by atoms with Gasteiger partial charge in [0.15, 0.2) is 0 Å². The first-order valence-electron chi connectivity index (χ1n) is 5.82. The van der Waals surface area contributed by atoms with Crippen molar-refractivity contribution < 1.29 is 19.4 Å². The number of carboxylic acid groups (broad SMARTS) is 1. The van der Waals surface area contributed by atoms with Crippen molar-refractivity contribution in [3.63, 3.8) is 0 Å². The van der Waals surface area contributed by atoms with Gasteiger partial charge in [-0.15, -0.1) is 0 Å². The summed E-state index contributed by atoms with van der Waals surface area (Å²) in [6.45, 7) is 5.64. The monoisotopic (exact) mass is 250 g/mol. The molecule has 0 bridgehead atoms. The number of carboxylic acids is 1. The quantitative estimate of drug-likeness (QED) is 0.788. The predicted octanol–water partition coefficient (Wildman–Crippen LogP) is 2.77. The summed E-state index contributed by atoms with van der Waals surface area (Å²) in [5, 5.41) is 8.78. The van der Waals surface area contributed by atoms with Gasteiger partial charge in [-0.25, -0.2) is 4.79 Å². The Kier molecular flexibility index (Phi) is 4.48. The van der Waals surface area contributed by atoms with Gasteiger partial charge in [0.2, 0.25) is 0 Å². The van der Waals surface area contributed by atoms with Gasteiger partial charge in [-0.2, -0.15) is 0 Å². The summed E-state index contributed by atoms with van der Waals surface area (Å²) in [4.78, 5) is 21.3. The van der Waals surface area contributed by atoms with E-state index in [2.05, 4.69) is 0 Å². The molecule has 1 aromatic carbocycles. The van der Waals surface area contributed by atoms with Crippen molar-refractivity contribution >= 4 is 12.3 Å². The highest BCUT2D eigenvalue weighted by molar-refractivity contribution is 5.87. The second-order valence-corrected chi connectivity index (χ2v) is 5.01. The van der Waals surface area contributed by atoms with Gasteiger partial charge in [-0.1, -0.05) is 6.92 Å². The molecule has 18 heavy (non-hydrogen) atoms. The number of benzene rings is 1. The molecule has 1 rings (SSSR count). The maximum Gasteiger partial charge on any atom is 0.335 e. The van der Waals surface area contributed by atoms with Crippen LogP contribution in [0.3, 0.4) is 0 Å². The molecule has 0 aliphatic carbocycles. The molecule has 1 unspecified atom stereocenters. The Balaban J connectivity index is 2.71. The van der Waals surface area contributed by atoms with E-state index in [1.807, 2.05) is 20.8 Å². The molecular formula is C14H18O4. The fourth-order valence-corrected chi connectivity index (χ4v) is 1.85. The minimum absolute atomic E-state index is 0.0710. The topological polar surface area (TPSA) is 63.6 Å². The van der Waals surface area contributed by atoms with Crippen molar-refractivity contribution in [3.8, 4) is 5.75 Å². The first-order valence-corrected chi connectivity index (χ1v) is 5.82. The highest BCUT2D eigenvalue weighted by atomic mass is 16.5. The average molecular weight is 250 g/mol. The number of rotatable bonds is 6. The third kappa shape index (κ3) is 4.20. The standard InChI is InChI=1S/C14H18O4/c1-10(9-15)8-14(2,3)18-12-6-4-11(5-7-12)13(16)17/h4-7,9-10H,8H2,1-3H3,(H,16,17). The van der Waals surface area contributed by atoms with Gasteiger partial charge >= 0.3 is 5.97 Å². The lowest BCUT2D eigenvalue weighted by Crippen LogP contribution is -2.30. The highest BCUT2D eigenvalue weighted by Gasteiger charge is 2.22. The van der Waals surface area contributed by atoms with Crippen LogP contribution in [0.5, 0.6) is 5.75 Å². The number of hydrogen-bond acceptors (Lipinski definition) is 3. The largest absolute Gasteiger partial charge is 0.488 e. The summed E-state index contributed by atoms with van der Waals surface area (Å²) in [6, 6.07) is 6.24. The lowest BCUT2D eigenvalue weighted by molar-refractivity contribution is -0.112. The first-order chi connectivity index (χ1) is 8.34. The smallest absolute Gasteiger partial charge is 0.335 e.